The van der Waals surface area contributed by atoms with Crippen molar-refractivity contribution in [1.29, 1.82) is 0 Å². The Morgan fingerprint density at radius 3 is 2.71 bits per heavy atom. The number of fused-ring (bicyclic) bond motifs is 1. The quantitative estimate of drug-likeness (QED) is 0.672. The second-order valence-electron chi connectivity index (χ2n) is 3.49. The van der Waals surface area contributed by atoms with Gasteiger partial charge in [-0.2, -0.15) is 0 Å². The van der Waals surface area contributed by atoms with E-state index in [-0.39, 0.29) is 0 Å². The predicted octanol–water partition coefficient (Wildman–Crippen LogP) is 4.31. The summed E-state index contributed by atoms with van der Waals surface area (Å²) in [5.41, 5.74) is 2.32. The summed E-state index contributed by atoms with van der Waals surface area (Å²) < 4.78 is 6.49. The van der Waals surface area contributed by atoms with E-state index in [0.717, 1.165) is 15.6 Å². The first-order valence-electron chi connectivity index (χ1n) is 4.90. The summed E-state index contributed by atoms with van der Waals surface area (Å²) in [5, 5.41) is 0.624. The number of halogens is 2. The molecule has 17 heavy (non-hydrogen) atoms. The van der Waals surface area contributed by atoms with Gasteiger partial charge in [-0.1, -0.05) is 11.6 Å². The molecule has 2 heterocycles. The number of pyridine rings is 1. The highest BCUT2D eigenvalue weighted by atomic mass is 79.9. The molecule has 3 nitrogen and oxygen atoms in total. The van der Waals surface area contributed by atoms with Crippen molar-refractivity contribution in [3.05, 3.63) is 46.2 Å². The van der Waals surface area contributed by atoms with E-state index in [4.69, 9.17) is 16.0 Å². The normalized spacial score (nSPS) is 10.9. The lowest BCUT2D eigenvalue weighted by Crippen LogP contribution is -1.76. The van der Waals surface area contributed by atoms with Gasteiger partial charge in [0.1, 0.15) is 5.52 Å². The van der Waals surface area contributed by atoms with Crippen molar-refractivity contribution in [3.63, 3.8) is 0 Å². The van der Waals surface area contributed by atoms with Gasteiger partial charge in [0.15, 0.2) is 5.58 Å². The highest BCUT2D eigenvalue weighted by molar-refractivity contribution is 9.10. The minimum absolute atomic E-state index is 0.561. The van der Waals surface area contributed by atoms with Gasteiger partial charge in [-0.25, -0.2) is 4.98 Å². The maximum Gasteiger partial charge on any atom is 0.227 e. The molecule has 0 saturated carbocycles. The first-order chi connectivity index (χ1) is 8.24. The molecule has 0 fully saturated rings. The van der Waals surface area contributed by atoms with Gasteiger partial charge in [0.05, 0.1) is 4.47 Å². The smallest absolute Gasteiger partial charge is 0.227 e. The van der Waals surface area contributed by atoms with Crippen LogP contribution < -0.4 is 0 Å². The lowest BCUT2D eigenvalue weighted by atomic mass is 10.3. The molecule has 84 valence electrons. The molecule has 0 radical (unpaired) electrons. The average Bonchev–Trinajstić information content (AvgIpc) is 2.74. The molecule has 0 aliphatic rings. The Balaban J connectivity index is 2.24. The lowest BCUT2D eigenvalue weighted by Gasteiger charge is -1.92. The van der Waals surface area contributed by atoms with E-state index in [0.29, 0.717) is 16.5 Å². The van der Waals surface area contributed by atoms with Crippen LogP contribution in [0.2, 0.25) is 5.02 Å². The van der Waals surface area contributed by atoms with E-state index >= 15 is 0 Å². The molecule has 0 aliphatic carbocycles. The molecular weight excluding hydrogens is 304 g/mol. The van der Waals surface area contributed by atoms with Gasteiger partial charge in [0.25, 0.3) is 0 Å². The van der Waals surface area contributed by atoms with Gasteiger partial charge in [0, 0.05) is 23.0 Å². The minimum Gasteiger partial charge on any atom is -0.435 e. The van der Waals surface area contributed by atoms with E-state index in [2.05, 4.69) is 25.9 Å². The van der Waals surface area contributed by atoms with Crippen LogP contribution in [0.4, 0.5) is 0 Å². The molecule has 0 bridgehead atoms. The second-order valence-corrected chi connectivity index (χ2v) is 4.78. The summed E-state index contributed by atoms with van der Waals surface area (Å²) in [7, 11) is 0. The third-order valence-electron chi connectivity index (χ3n) is 2.34. The van der Waals surface area contributed by atoms with E-state index in [1.165, 1.54) is 0 Å². The Labute approximate surface area is 111 Å². The maximum absolute atomic E-state index is 5.96. The predicted molar refractivity (Wildman–Crippen MR) is 70.0 cm³/mol. The molecule has 0 amide bonds. The Bertz CT molecular complexity index is 682. The molecule has 0 saturated heterocycles. The largest absolute Gasteiger partial charge is 0.435 e. The molecule has 3 aromatic rings. The number of benzene rings is 1. The van der Waals surface area contributed by atoms with Crippen LogP contribution in [0.5, 0.6) is 0 Å². The summed E-state index contributed by atoms with van der Waals surface area (Å²) in [5.74, 6) is 0.561. The number of hydrogen-bond acceptors (Lipinski definition) is 3. The molecule has 2 aromatic heterocycles. The molecule has 0 unspecified atom stereocenters. The average molecular weight is 310 g/mol. The van der Waals surface area contributed by atoms with Crippen LogP contribution in [0, 0.1) is 0 Å². The topological polar surface area (TPSA) is 38.9 Å². The molecule has 0 N–H and O–H groups in total. The molecule has 0 atom stereocenters. The number of aromatic nitrogens is 2. The summed E-state index contributed by atoms with van der Waals surface area (Å²) >= 11 is 9.36. The van der Waals surface area contributed by atoms with Crippen molar-refractivity contribution in [2.75, 3.05) is 0 Å². The third-order valence-corrected chi connectivity index (χ3v) is 3.14. The lowest BCUT2D eigenvalue weighted by molar-refractivity contribution is 0.618. The molecule has 0 aliphatic heterocycles. The van der Waals surface area contributed by atoms with Crippen molar-refractivity contribution >= 4 is 38.6 Å². The number of oxazole rings is 1. The number of rotatable bonds is 1. The zero-order valence-electron chi connectivity index (χ0n) is 8.52. The highest BCUT2D eigenvalue weighted by Gasteiger charge is 2.11. The molecule has 1 aromatic carbocycles. The zero-order chi connectivity index (χ0) is 11.8. The van der Waals surface area contributed by atoms with Gasteiger partial charge in [-0.05, 0) is 40.2 Å². The maximum atomic E-state index is 5.96. The number of nitrogens with zero attached hydrogens (tertiary/aromatic N) is 2. The first kappa shape index (κ1) is 10.7. The summed E-state index contributed by atoms with van der Waals surface area (Å²) in [4.78, 5) is 8.35. The monoisotopic (exact) mass is 308 g/mol. The van der Waals surface area contributed by atoms with E-state index in [9.17, 15) is 0 Å². The third kappa shape index (κ3) is 1.94. The fourth-order valence-electron chi connectivity index (χ4n) is 1.58. The minimum atomic E-state index is 0.561. The van der Waals surface area contributed by atoms with Crippen LogP contribution in [0.3, 0.4) is 0 Å². The van der Waals surface area contributed by atoms with Gasteiger partial charge in [-0.3, -0.25) is 4.98 Å². The highest BCUT2D eigenvalue weighted by Crippen LogP contribution is 2.31. The Morgan fingerprint density at radius 1 is 1.18 bits per heavy atom. The van der Waals surface area contributed by atoms with E-state index in [1.807, 2.05) is 12.1 Å². The van der Waals surface area contributed by atoms with Gasteiger partial charge in [0.2, 0.25) is 5.89 Å². The van der Waals surface area contributed by atoms with Crippen LogP contribution in [0.1, 0.15) is 0 Å². The SMILES string of the molecule is Clc1cc(Br)c2oc(-c3ccncc3)nc2c1. The Morgan fingerprint density at radius 2 is 1.94 bits per heavy atom. The van der Waals surface area contributed by atoms with Crippen LogP contribution in [-0.2, 0) is 0 Å². The van der Waals surface area contributed by atoms with Crippen molar-refractivity contribution < 1.29 is 4.42 Å². The fourth-order valence-corrected chi connectivity index (χ4v) is 2.45. The summed E-state index contributed by atoms with van der Waals surface area (Å²) in [6.45, 7) is 0. The van der Waals surface area contributed by atoms with E-state index in [1.54, 1.807) is 24.5 Å². The van der Waals surface area contributed by atoms with Crippen molar-refractivity contribution in [2.45, 2.75) is 0 Å². The van der Waals surface area contributed by atoms with Crippen LogP contribution in [0.15, 0.2) is 45.5 Å². The van der Waals surface area contributed by atoms with Gasteiger partial charge in [-0.15, -0.1) is 0 Å². The Hall–Kier alpha value is -1.39. The zero-order valence-corrected chi connectivity index (χ0v) is 10.9. The Kier molecular flexibility index (Phi) is 2.61. The molecule has 5 heteroatoms. The van der Waals surface area contributed by atoms with Crippen molar-refractivity contribution in [3.8, 4) is 11.5 Å². The summed E-state index contributed by atoms with van der Waals surface area (Å²) in [6.07, 6.45) is 3.40. The number of hydrogen-bond donors (Lipinski definition) is 0. The van der Waals surface area contributed by atoms with Crippen molar-refractivity contribution in [1.82, 2.24) is 9.97 Å². The van der Waals surface area contributed by atoms with Crippen LogP contribution in [0.25, 0.3) is 22.6 Å². The molecule has 0 spiro atoms. The van der Waals surface area contributed by atoms with E-state index < -0.39 is 0 Å². The standard InChI is InChI=1S/C12H6BrClN2O/c13-9-5-8(14)6-10-11(9)17-12(16-10)7-1-3-15-4-2-7/h1-6H. The summed E-state index contributed by atoms with van der Waals surface area (Å²) in [6, 6.07) is 7.25. The van der Waals surface area contributed by atoms with Crippen molar-refractivity contribution in [2.24, 2.45) is 0 Å². The fraction of sp³-hybridized carbons (Fsp3) is 0. The molecule has 3 rings (SSSR count). The molecular formula is C12H6BrClN2O. The second kappa shape index (κ2) is 4.13. The van der Waals surface area contributed by atoms with Crippen LogP contribution in [-0.4, -0.2) is 9.97 Å². The van der Waals surface area contributed by atoms with Gasteiger partial charge >= 0.3 is 0 Å². The van der Waals surface area contributed by atoms with Crippen LogP contribution >= 0.6 is 27.5 Å². The first-order valence-corrected chi connectivity index (χ1v) is 6.07. The van der Waals surface area contributed by atoms with Gasteiger partial charge < -0.3 is 4.42 Å².